The van der Waals surface area contributed by atoms with Crippen molar-refractivity contribution in [1.82, 2.24) is 9.78 Å². The molecule has 6 nitrogen and oxygen atoms in total. The predicted octanol–water partition coefficient (Wildman–Crippen LogP) is 2.29. The zero-order chi connectivity index (χ0) is 15.6. The molecule has 1 aromatic heterocycles. The molecule has 2 rings (SSSR count). The second-order valence-corrected chi connectivity index (χ2v) is 4.85. The summed E-state index contributed by atoms with van der Waals surface area (Å²) in [4.78, 5) is 12.8. The summed E-state index contributed by atoms with van der Waals surface area (Å²) in [6.45, 7) is 3.89. The predicted molar refractivity (Wildman–Crippen MR) is 80.0 cm³/mol. The number of ether oxygens (including phenoxy) is 2. The Bertz CT molecular complexity index is 662. The number of para-hydroxylation sites is 1. The smallest absolute Gasteiger partial charge is 0.217 e. The van der Waals surface area contributed by atoms with E-state index < -0.39 is 0 Å². The Hall–Kier alpha value is -2.50. The average molecular weight is 289 g/mol. The number of nitrogens with zero attached hydrogens (tertiary/aromatic N) is 2. The van der Waals surface area contributed by atoms with E-state index in [4.69, 9.17) is 15.2 Å². The number of benzene rings is 1. The summed E-state index contributed by atoms with van der Waals surface area (Å²) in [6.07, 6.45) is 1.53. The number of carbonyl (C=O) groups excluding carboxylic acids is 1. The lowest BCUT2D eigenvalue weighted by Crippen LogP contribution is -2.15. The molecular formula is C15H19N3O3. The summed E-state index contributed by atoms with van der Waals surface area (Å²) in [5, 5.41) is 4.20. The number of hydrogen-bond donors (Lipinski definition) is 1. The molecule has 0 aliphatic heterocycles. The Morgan fingerprint density at radius 1 is 1.24 bits per heavy atom. The van der Waals surface area contributed by atoms with Crippen molar-refractivity contribution in [1.29, 1.82) is 0 Å². The van der Waals surface area contributed by atoms with E-state index in [-0.39, 0.29) is 11.8 Å². The van der Waals surface area contributed by atoms with E-state index in [1.807, 2.05) is 13.8 Å². The highest BCUT2D eigenvalue weighted by atomic mass is 16.5. The minimum atomic E-state index is -0.241. The number of rotatable bonds is 5. The van der Waals surface area contributed by atoms with Crippen LogP contribution in [0.15, 0.2) is 24.4 Å². The fourth-order valence-corrected chi connectivity index (χ4v) is 2.15. The highest BCUT2D eigenvalue weighted by Gasteiger charge is 2.24. The lowest BCUT2D eigenvalue weighted by Gasteiger charge is -2.13. The number of hydrogen-bond acceptors (Lipinski definition) is 5. The van der Waals surface area contributed by atoms with Gasteiger partial charge in [-0.05, 0) is 26.0 Å². The van der Waals surface area contributed by atoms with Crippen molar-refractivity contribution in [2.75, 3.05) is 20.0 Å². The van der Waals surface area contributed by atoms with E-state index in [2.05, 4.69) is 5.10 Å². The molecule has 0 fully saturated rings. The van der Waals surface area contributed by atoms with Gasteiger partial charge in [0.25, 0.3) is 0 Å². The van der Waals surface area contributed by atoms with E-state index in [0.29, 0.717) is 28.4 Å². The van der Waals surface area contributed by atoms with Crippen LogP contribution in [0.1, 0.15) is 35.9 Å². The van der Waals surface area contributed by atoms with Crippen molar-refractivity contribution in [2.45, 2.75) is 19.9 Å². The quantitative estimate of drug-likeness (QED) is 0.675. The van der Waals surface area contributed by atoms with Crippen LogP contribution >= 0.6 is 0 Å². The molecule has 21 heavy (non-hydrogen) atoms. The highest BCUT2D eigenvalue weighted by molar-refractivity contribution is 6.13. The van der Waals surface area contributed by atoms with Gasteiger partial charge in [-0.2, -0.15) is 5.10 Å². The monoisotopic (exact) mass is 289 g/mol. The summed E-state index contributed by atoms with van der Waals surface area (Å²) < 4.78 is 12.0. The van der Waals surface area contributed by atoms with Crippen LogP contribution in [0, 0.1) is 0 Å². The average Bonchev–Trinajstić information content (AvgIpc) is 2.90. The molecule has 6 heteroatoms. The molecule has 0 unspecified atom stereocenters. The number of nitrogens with two attached hydrogens (primary N) is 1. The van der Waals surface area contributed by atoms with Gasteiger partial charge in [-0.3, -0.25) is 9.48 Å². The summed E-state index contributed by atoms with van der Waals surface area (Å²) >= 11 is 0. The van der Waals surface area contributed by atoms with Crippen LogP contribution in [-0.2, 0) is 0 Å². The zero-order valence-corrected chi connectivity index (χ0v) is 12.6. The van der Waals surface area contributed by atoms with Gasteiger partial charge in [0.05, 0.1) is 31.7 Å². The van der Waals surface area contributed by atoms with Crippen molar-refractivity contribution in [3.63, 3.8) is 0 Å². The van der Waals surface area contributed by atoms with Gasteiger partial charge in [0.1, 0.15) is 5.75 Å². The third-order valence-corrected chi connectivity index (χ3v) is 3.22. The van der Waals surface area contributed by atoms with Crippen LogP contribution in [0.2, 0.25) is 0 Å². The number of ketones is 1. The second kappa shape index (κ2) is 5.87. The molecular weight excluding hydrogens is 270 g/mol. The molecule has 0 saturated heterocycles. The van der Waals surface area contributed by atoms with Crippen LogP contribution in [0.5, 0.6) is 11.5 Å². The van der Waals surface area contributed by atoms with Gasteiger partial charge in [0, 0.05) is 6.04 Å². The number of anilines is 1. The van der Waals surface area contributed by atoms with Crippen LogP contribution in [0.3, 0.4) is 0 Å². The van der Waals surface area contributed by atoms with Crippen LogP contribution in [-0.4, -0.2) is 29.8 Å². The topological polar surface area (TPSA) is 79.4 Å². The van der Waals surface area contributed by atoms with E-state index in [9.17, 15) is 4.79 Å². The molecule has 0 amide bonds. The Balaban J connectivity index is 2.57. The maximum absolute atomic E-state index is 12.8. The van der Waals surface area contributed by atoms with E-state index in [1.54, 1.807) is 22.9 Å². The van der Waals surface area contributed by atoms with E-state index in [0.717, 1.165) is 0 Å². The van der Waals surface area contributed by atoms with Gasteiger partial charge < -0.3 is 15.2 Å². The lowest BCUT2D eigenvalue weighted by molar-refractivity contribution is 0.102. The standard InChI is InChI=1S/C15H19N3O3/c1-9(2)18-14(12(21-4)8-17-18)15(19)10-6-5-7-11(20-3)13(10)16/h5-9H,16H2,1-4H3. The zero-order valence-electron chi connectivity index (χ0n) is 12.6. The van der Waals surface area contributed by atoms with Crippen LogP contribution in [0.4, 0.5) is 5.69 Å². The molecule has 0 radical (unpaired) electrons. The maximum Gasteiger partial charge on any atom is 0.217 e. The van der Waals surface area contributed by atoms with Gasteiger partial charge in [0.2, 0.25) is 5.78 Å². The Morgan fingerprint density at radius 3 is 2.48 bits per heavy atom. The molecule has 0 aliphatic carbocycles. The SMILES string of the molecule is COc1cccc(C(=O)c2c(OC)cnn2C(C)C)c1N. The first-order valence-corrected chi connectivity index (χ1v) is 6.59. The lowest BCUT2D eigenvalue weighted by atomic mass is 10.0. The van der Waals surface area contributed by atoms with Crippen molar-refractivity contribution in [2.24, 2.45) is 0 Å². The Kier molecular flexibility index (Phi) is 4.16. The summed E-state index contributed by atoms with van der Waals surface area (Å²) in [5.74, 6) is 0.654. The third-order valence-electron chi connectivity index (χ3n) is 3.22. The molecule has 1 heterocycles. The number of nitrogen functional groups attached to an aromatic ring is 1. The van der Waals surface area contributed by atoms with Crippen LogP contribution < -0.4 is 15.2 Å². The molecule has 2 N–H and O–H groups in total. The van der Waals surface area contributed by atoms with Gasteiger partial charge >= 0.3 is 0 Å². The third kappa shape index (κ3) is 2.56. The fraction of sp³-hybridized carbons (Fsp3) is 0.333. The van der Waals surface area contributed by atoms with Crippen molar-refractivity contribution < 1.29 is 14.3 Å². The van der Waals surface area contributed by atoms with Crippen molar-refractivity contribution in [3.8, 4) is 11.5 Å². The first kappa shape index (κ1) is 14.9. The largest absolute Gasteiger partial charge is 0.495 e. The maximum atomic E-state index is 12.8. The molecule has 1 aromatic carbocycles. The minimum Gasteiger partial charge on any atom is -0.495 e. The Labute approximate surface area is 123 Å². The molecule has 112 valence electrons. The molecule has 2 aromatic rings. The normalized spacial score (nSPS) is 10.7. The van der Waals surface area contributed by atoms with Gasteiger partial charge in [-0.25, -0.2) is 0 Å². The first-order chi connectivity index (χ1) is 10.0. The molecule has 0 saturated carbocycles. The summed E-state index contributed by atoms with van der Waals surface area (Å²) in [6, 6.07) is 5.13. The van der Waals surface area contributed by atoms with Gasteiger partial charge in [-0.15, -0.1) is 0 Å². The summed E-state index contributed by atoms with van der Waals surface area (Å²) in [7, 11) is 3.02. The number of methoxy groups -OCH3 is 2. The first-order valence-electron chi connectivity index (χ1n) is 6.59. The molecule has 0 bridgehead atoms. The molecule has 0 atom stereocenters. The fourth-order valence-electron chi connectivity index (χ4n) is 2.15. The number of aromatic nitrogens is 2. The molecule has 0 aliphatic rings. The van der Waals surface area contributed by atoms with Gasteiger partial charge in [0.15, 0.2) is 11.4 Å². The van der Waals surface area contributed by atoms with Gasteiger partial charge in [-0.1, -0.05) is 6.07 Å². The minimum absolute atomic E-state index is 0.0275. The van der Waals surface area contributed by atoms with Crippen molar-refractivity contribution in [3.05, 3.63) is 35.7 Å². The van der Waals surface area contributed by atoms with E-state index >= 15 is 0 Å². The highest BCUT2D eigenvalue weighted by Crippen LogP contribution is 2.30. The van der Waals surface area contributed by atoms with Crippen molar-refractivity contribution >= 4 is 11.5 Å². The van der Waals surface area contributed by atoms with E-state index in [1.165, 1.54) is 20.4 Å². The molecule has 0 spiro atoms. The summed E-state index contributed by atoms with van der Waals surface area (Å²) in [5.41, 5.74) is 7.06. The Morgan fingerprint density at radius 2 is 1.90 bits per heavy atom. The number of carbonyl (C=O) groups is 1. The van der Waals surface area contributed by atoms with Crippen LogP contribution in [0.25, 0.3) is 0 Å². The second-order valence-electron chi connectivity index (χ2n) is 4.85.